The van der Waals surface area contributed by atoms with Crippen molar-refractivity contribution in [1.82, 2.24) is 10.2 Å². The summed E-state index contributed by atoms with van der Waals surface area (Å²) in [4.78, 5) is 0.293. The van der Waals surface area contributed by atoms with Crippen molar-refractivity contribution >= 4 is 15.7 Å². The number of nitrogens with zero attached hydrogens (tertiary/aromatic N) is 2. The Kier molecular flexibility index (Phi) is 2.86. The fourth-order valence-electron chi connectivity index (χ4n) is 2.92. The molecule has 0 saturated carbocycles. The molecule has 1 N–H and O–H groups in total. The van der Waals surface area contributed by atoms with Gasteiger partial charge in [0.2, 0.25) is 0 Å². The number of nitrogens with one attached hydrogen (secondary N) is 1. The molecule has 1 atom stereocenters. The molecular weight excluding hydrogens is 274 g/mol. The second-order valence-electron chi connectivity index (χ2n) is 5.25. The highest BCUT2D eigenvalue weighted by atomic mass is 32.2. The van der Waals surface area contributed by atoms with E-state index < -0.39 is 10.0 Å². The summed E-state index contributed by atoms with van der Waals surface area (Å²) >= 11 is 0. The van der Waals surface area contributed by atoms with Gasteiger partial charge in [0.25, 0.3) is 10.0 Å². The first-order chi connectivity index (χ1) is 9.43. The average molecular weight is 291 g/mol. The maximum Gasteiger partial charge on any atom is 0.268 e. The van der Waals surface area contributed by atoms with E-state index in [4.69, 9.17) is 0 Å². The van der Waals surface area contributed by atoms with Crippen LogP contribution in [0.15, 0.2) is 29.2 Å². The first kappa shape index (κ1) is 13.2. The van der Waals surface area contributed by atoms with Gasteiger partial charge in [-0.3, -0.25) is 9.40 Å². The van der Waals surface area contributed by atoms with E-state index in [1.807, 2.05) is 31.2 Å². The highest BCUT2D eigenvalue weighted by Gasteiger charge is 2.38. The molecule has 1 aliphatic heterocycles. The molecule has 3 rings (SSSR count). The fourth-order valence-corrected chi connectivity index (χ4v) is 4.96. The Morgan fingerprint density at radius 2 is 2.00 bits per heavy atom. The number of para-hydroxylation sites is 1. The van der Waals surface area contributed by atoms with Gasteiger partial charge in [0.1, 0.15) is 4.90 Å². The molecule has 0 aliphatic carbocycles. The van der Waals surface area contributed by atoms with Crippen LogP contribution >= 0.6 is 0 Å². The molecule has 0 fully saturated rings. The van der Waals surface area contributed by atoms with E-state index in [0.717, 1.165) is 17.7 Å². The van der Waals surface area contributed by atoms with Crippen LogP contribution in [0.25, 0.3) is 0 Å². The molecule has 2 heterocycles. The number of aromatic amines is 1. The van der Waals surface area contributed by atoms with Crippen LogP contribution in [-0.4, -0.2) is 24.7 Å². The summed E-state index contributed by atoms with van der Waals surface area (Å²) in [7, 11) is -3.58. The summed E-state index contributed by atoms with van der Waals surface area (Å²) in [6, 6.07) is 7.58. The minimum absolute atomic E-state index is 0.0777. The predicted molar refractivity (Wildman–Crippen MR) is 77.3 cm³/mol. The minimum atomic E-state index is -3.58. The standard InChI is InChI=1S/C14H17N3O2S/c1-9-8-12-6-4-5-7-13(12)17(9)20(18,19)14-10(2)15-16-11(14)3/h4-7,9H,8H2,1-3H3,(H,15,16). The molecule has 1 aromatic heterocycles. The summed E-state index contributed by atoms with van der Waals surface area (Å²) in [5.74, 6) is 0. The molecule has 0 saturated heterocycles. The minimum Gasteiger partial charge on any atom is -0.281 e. The number of H-pyrrole nitrogens is 1. The van der Waals surface area contributed by atoms with Gasteiger partial charge in [-0.1, -0.05) is 18.2 Å². The lowest BCUT2D eigenvalue weighted by atomic mass is 10.1. The Balaban J connectivity index is 2.18. The third-order valence-corrected chi connectivity index (χ3v) is 5.91. The van der Waals surface area contributed by atoms with Gasteiger partial charge >= 0.3 is 0 Å². The topological polar surface area (TPSA) is 66.1 Å². The first-order valence-corrected chi connectivity index (χ1v) is 8.01. The number of rotatable bonds is 2. The first-order valence-electron chi connectivity index (χ1n) is 6.57. The van der Waals surface area contributed by atoms with Gasteiger partial charge in [-0.2, -0.15) is 5.10 Å². The van der Waals surface area contributed by atoms with E-state index in [1.165, 1.54) is 4.31 Å². The van der Waals surface area contributed by atoms with Crippen molar-refractivity contribution in [3.63, 3.8) is 0 Å². The molecule has 1 aliphatic rings. The Hall–Kier alpha value is -1.82. The molecule has 0 spiro atoms. The zero-order valence-electron chi connectivity index (χ0n) is 11.7. The second kappa shape index (κ2) is 4.34. The maximum atomic E-state index is 13.0. The van der Waals surface area contributed by atoms with E-state index >= 15 is 0 Å². The molecule has 0 radical (unpaired) electrons. The monoisotopic (exact) mass is 291 g/mol. The smallest absolute Gasteiger partial charge is 0.268 e. The highest BCUT2D eigenvalue weighted by Crippen LogP contribution is 2.37. The van der Waals surface area contributed by atoms with Gasteiger partial charge in [0, 0.05) is 6.04 Å². The summed E-state index contributed by atoms with van der Waals surface area (Å²) in [5.41, 5.74) is 2.94. The summed E-state index contributed by atoms with van der Waals surface area (Å²) < 4.78 is 27.5. The molecule has 106 valence electrons. The van der Waals surface area contributed by atoms with Crippen molar-refractivity contribution in [2.45, 2.75) is 38.1 Å². The van der Waals surface area contributed by atoms with E-state index in [2.05, 4.69) is 10.2 Å². The van der Waals surface area contributed by atoms with Crippen LogP contribution in [0.5, 0.6) is 0 Å². The number of hydrogen-bond acceptors (Lipinski definition) is 3. The lowest BCUT2D eigenvalue weighted by Crippen LogP contribution is -2.36. The molecule has 20 heavy (non-hydrogen) atoms. The van der Waals surface area contributed by atoms with Crippen LogP contribution < -0.4 is 4.31 Å². The predicted octanol–water partition coefficient (Wildman–Crippen LogP) is 2.17. The van der Waals surface area contributed by atoms with Crippen molar-refractivity contribution in [1.29, 1.82) is 0 Å². The summed E-state index contributed by atoms with van der Waals surface area (Å²) in [5, 5.41) is 6.75. The second-order valence-corrected chi connectivity index (χ2v) is 7.00. The third kappa shape index (κ3) is 1.75. The summed E-state index contributed by atoms with van der Waals surface area (Å²) in [6.45, 7) is 5.38. The van der Waals surface area contributed by atoms with Crippen molar-refractivity contribution in [2.24, 2.45) is 0 Å². The van der Waals surface area contributed by atoms with Gasteiger partial charge in [0.15, 0.2) is 0 Å². The van der Waals surface area contributed by atoms with Crippen LogP contribution in [0.2, 0.25) is 0 Å². The molecule has 1 unspecified atom stereocenters. The van der Waals surface area contributed by atoms with Crippen molar-refractivity contribution in [2.75, 3.05) is 4.31 Å². The molecule has 5 nitrogen and oxygen atoms in total. The number of anilines is 1. The molecule has 1 aromatic carbocycles. The lowest BCUT2D eigenvalue weighted by molar-refractivity contribution is 0.583. The average Bonchev–Trinajstić information content (AvgIpc) is 2.88. The third-order valence-electron chi connectivity index (χ3n) is 3.72. The van der Waals surface area contributed by atoms with E-state index in [0.29, 0.717) is 16.3 Å². The van der Waals surface area contributed by atoms with Crippen LogP contribution in [0.4, 0.5) is 5.69 Å². The van der Waals surface area contributed by atoms with E-state index in [-0.39, 0.29) is 6.04 Å². The van der Waals surface area contributed by atoms with Crippen molar-refractivity contribution < 1.29 is 8.42 Å². The Labute approximate surface area is 118 Å². The Bertz CT molecular complexity index is 745. The number of sulfonamides is 1. The maximum absolute atomic E-state index is 13.0. The zero-order valence-corrected chi connectivity index (χ0v) is 12.5. The van der Waals surface area contributed by atoms with Gasteiger partial charge < -0.3 is 0 Å². The van der Waals surface area contributed by atoms with Gasteiger partial charge in [-0.15, -0.1) is 0 Å². The van der Waals surface area contributed by atoms with Gasteiger partial charge in [-0.25, -0.2) is 8.42 Å². The van der Waals surface area contributed by atoms with Crippen LogP contribution in [-0.2, 0) is 16.4 Å². The number of aryl methyl sites for hydroxylation is 2. The fraction of sp³-hybridized carbons (Fsp3) is 0.357. The highest BCUT2D eigenvalue weighted by molar-refractivity contribution is 7.93. The number of aromatic nitrogens is 2. The Morgan fingerprint density at radius 3 is 2.65 bits per heavy atom. The SMILES string of the molecule is Cc1n[nH]c(C)c1S(=O)(=O)N1c2ccccc2CC1C. The molecular formula is C14H17N3O2S. The van der Waals surface area contributed by atoms with Crippen molar-refractivity contribution in [3.8, 4) is 0 Å². The molecule has 2 aromatic rings. The van der Waals surface area contributed by atoms with Gasteiger partial charge in [-0.05, 0) is 38.8 Å². The molecule has 0 bridgehead atoms. The van der Waals surface area contributed by atoms with E-state index in [1.54, 1.807) is 13.8 Å². The van der Waals surface area contributed by atoms with E-state index in [9.17, 15) is 8.42 Å². The largest absolute Gasteiger partial charge is 0.281 e. The Morgan fingerprint density at radius 1 is 1.30 bits per heavy atom. The van der Waals surface area contributed by atoms with Crippen molar-refractivity contribution in [3.05, 3.63) is 41.2 Å². The van der Waals surface area contributed by atoms with Crippen LogP contribution in [0.3, 0.4) is 0 Å². The molecule has 0 amide bonds. The number of hydrogen-bond donors (Lipinski definition) is 1. The summed E-state index contributed by atoms with van der Waals surface area (Å²) in [6.07, 6.45) is 0.741. The number of benzene rings is 1. The molecule has 6 heteroatoms. The lowest BCUT2D eigenvalue weighted by Gasteiger charge is -2.24. The normalized spacial score (nSPS) is 18.4. The zero-order chi connectivity index (χ0) is 14.5. The van der Waals surface area contributed by atoms with Crippen LogP contribution in [0.1, 0.15) is 23.9 Å². The van der Waals surface area contributed by atoms with Gasteiger partial charge in [0.05, 0.1) is 17.1 Å². The van der Waals surface area contributed by atoms with Crippen LogP contribution in [0, 0.1) is 13.8 Å². The number of fused-ring (bicyclic) bond motifs is 1. The quantitative estimate of drug-likeness (QED) is 0.922.